The predicted octanol–water partition coefficient (Wildman–Crippen LogP) is 0.317. The molecule has 1 unspecified atom stereocenters. The largest absolute Gasteiger partial charge is 0.385 e. The van der Waals surface area contributed by atoms with Gasteiger partial charge in [-0.05, 0) is 13.3 Å². The number of piperazine rings is 1. The second-order valence-corrected chi connectivity index (χ2v) is 3.44. The van der Waals surface area contributed by atoms with Gasteiger partial charge in [0.2, 0.25) is 0 Å². The highest BCUT2D eigenvalue weighted by molar-refractivity contribution is 4.75. The Kier molecular flexibility index (Phi) is 4.58. The minimum Gasteiger partial charge on any atom is -0.385 e. The highest BCUT2D eigenvalue weighted by atomic mass is 16.5. The van der Waals surface area contributed by atoms with Crippen LogP contribution in [-0.2, 0) is 4.74 Å². The van der Waals surface area contributed by atoms with Crippen molar-refractivity contribution in [3.05, 3.63) is 0 Å². The van der Waals surface area contributed by atoms with E-state index in [-0.39, 0.29) is 0 Å². The van der Waals surface area contributed by atoms with Crippen molar-refractivity contribution in [3.63, 3.8) is 0 Å². The van der Waals surface area contributed by atoms with Crippen LogP contribution in [0, 0.1) is 0 Å². The molecular weight excluding hydrogens is 152 g/mol. The van der Waals surface area contributed by atoms with Crippen LogP contribution in [0.15, 0.2) is 0 Å². The van der Waals surface area contributed by atoms with Crippen LogP contribution in [0.2, 0.25) is 0 Å². The van der Waals surface area contributed by atoms with Gasteiger partial charge in [0.1, 0.15) is 0 Å². The van der Waals surface area contributed by atoms with Crippen molar-refractivity contribution >= 4 is 0 Å². The number of rotatable bonds is 4. The molecule has 0 aromatic heterocycles. The van der Waals surface area contributed by atoms with Gasteiger partial charge >= 0.3 is 0 Å². The molecule has 0 radical (unpaired) electrons. The summed E-state index contributed by atoms with van der Waals surface area (Å²) >= 11 is 0. The topological polar surface area (TPSA) is 24.5 Å². The molecule has 1 rings (SSSR count). The molecule has 0 aromatic carbocycles. The third-order valence-electron chi connectivity index (χ3n) is 2.43. The van der Waals surface area contributed by atoms with Crippen LogP contribution in [0.1, 0.15) is 13.3 Å². The summed E-state index contributed by atoms with van der Waals surface area (Å²) in [6, 6.07) is 0.690. The Morgan fingerprint density at radius 1 is 1.58 bits per heavy atom. The average Bonchev–Trinajstić information content (AvgIpc) is 2.09. The second kappa shape index (κ2) is 5.51. The molecule has 0 spiro atoms. The molecule has 1 N–H and O–H groups in total. The summed E-state index contributed by atoms with van der Waals surface area (Å²) in [5, 5.41) is 3.38. The van der Waals surface area contributed by atoms with Gasteiger partial charge in [0.25, 0.3) is 0 Å². The Hall–Kier alpha value is -0.120. The Bertz CT molecular complexity index is 119. The van der Waals surface area contributed by atoms with Gasteiger partial charge in [-0.1, -0.05) is 0 Å². The van der Waals surface area contributed by atoms with Crippen molar-refractivity contribution in [2.45, 2.75) is 19.4 Å². The lowest BCUT2D eigenvalue weighted by Crippen LogP contribution is -2.50. The molecule has 1 atom stereocenters. The molecule has 0 saturated carbocycles. The lowest BCUT2D eigenvalue weighted by atomic mass is 10.2. The van der Waals surface area contributed by atoms with Gasteiger partial charge in [-0.25, -0.2) is 0 Å². The van der Waals surface area contributed by atoms with E-state index >= 15 is 0 Å². The molecule has 1 heterocycles. The molecule has 0 aromatic rings. The summed E-state index contributed by atoms with van der Waals surface area (Å²) in [4.78, 5) is 2.52. The van der Waals surface area contributed by atoms with E-state index in [1.807, 2.05) is 0 Å². The zero-order chi connectivity index (χ0) is 8.81. The van der Waals surface area contributed by atoms with E-state index in [2.05, 4.69) is 17.1 Å². The number of hydrogen-bond donors (Lipinski definition) is 1. The number of ether oxygens (including phenoxy) is 1. The zero-order valence-corrected chi connectivity index (χ0v) is 8.18. The van der Waals surface area contributed by atoms with E-state index in [1.165, 1.54) is 13.1 Å². The lowest BCUT2D eigenvalue weighted by Gasteiger charge is -2.33. The molecular formula is C9H20N2O. The number of hydrogen-bond acceptors (Lipinski definition) is 3. The van der Waals surface area contributed by atoms with E-state index < -0.39 is 0 Å². The first-order valence-electron chi connectivity index (χ1n) is 4.78. The summed E-state index contributed by atoms with van der Waals surface area (Å²) < 4.78 is 5.03. The van der Waals surface area contributed by atoms with Crippen molar-refractivity contribution in [1.29, 1.82) is 0 Å². The third kappa shape index (κ3) is 3.09. The second-order valence-electron chi connectivity index (χ2n) is 3.44. The van der Waals surface area contributed by atoms with Gasteiger partial charge in [-0.3, -0.25) is 4.90 Å². The van der Waals surface area contributed by atoms with Crippen LogP contribution in [0.5, 0.6) is 0 Å². The quantitative estimate of drug-likeness (QED) is 0.618. The van der Waals surface area contributed by atoms with Crippen molar-refractivity contribution in [1.82, 2.24) is 10.2 Å². The van der Waals surface area contributed by atoms with Crippen molar-refractivity contribution in [2.24, 2.45) is 0 Å². The van der Waals surface area contributed by atoms with E-state index in [0.717, 1.165) is 26.1 Å². The van der Waals surface area contributed by atoms with E-state index in [9.17, 15) is 0 Å². The monoisotopic (exact) mass is 172 g/mol. The molecule has 1 saturated heterocycles. The maximum absolute atomic E-state index is 5.03. The Morgan fingerprint density at radius 3 is 3.08 bits per heavy atom. The fraction of sp³-hybridized carbons (Fsp3) is 1.00. The number of nitrogens with one attached hydrogen (secondary N) is 1. The van der Waals surface area contributed by atoms with Gasteiger partial charge in [-0.15, -0.1) is 0 Å². The summed E-state index contributed by atoms with van der Waals surface area (Å²) in [5.41, 5.74) is 0. The van der Waals surface area contributed by atoms with E-state index in [0.29, 0.717) is 6.04 Å². The molecule has 1 fully saturated rings. The Balaban J connectivity index is 2.11. The fourth-order valence-corrected chi connectivity index (χ4v) is 1.63. The third-order valence-corrected chi connectivity index (χ3v) is 2.43. The highest BCUT2D eigenvalue weighted by Gasteiger charge is 2.16. The fourth-order valence-electron chi connectivity index (χ4n) is 1.63. The van der Waals surface area contributed by atoms with Gasteiger partial charge < -0.3 is 10.1 Å². The summed E-state index contributed by atoms with van der Waals surface area (Å²) in [6.07, 6.45) is 1.15. The first-order chi connectivity index (χ1) is 5.84. The summed E-state index contributed by atoms with van der Waals surface area (Å²) in [7, 11) is 1.77. The standard InChI is InChI=1S/C9H20N2O/c1-9-8-10-4-6-11(9)5-3-7-12-2/h9-10H,3-8H2,1-2H3. The van der Waals surface area contributed by atoms with Crippen LogP contribution in [0.25, 0.3) is 0 Å². The van der Waals surface area contributed by atoms with Crippen molar-refractivity contribution < 1.29 is 4.74 Å². The minimum absolute atomic E-state index is 0.690. The number of nitrogens with zero attached hydrogens (tertiary/aromatic N) is 1. The van der Waals surface area contributed by atoms with Crippen molar-refractivity contribution in [2.75, 3.05) is 39.9 Å². The Morgan fingerprint density at radius 2 is 2.42 bits per heavy atom. The first-order valence-corrected chi connectivity index (χ1v) is 4.78. The highest BCUT2D eigenvalue weighted by Crippen LogP contribution is 2.02. The zero-order valence-electron chi connectivity index (χ0n) is 8.18. The van der Waals surface area contributed by atoms with Crippen molar-refractivity contribution in [3.8, 4) is 0 Å². The SMILES string of the molecule is COCCCN1CCNCC1C. The van der Waals surface area contributed by atoms with Gasteiger partial charge in [0, 0.05) is 45.9 Å². The molecule has 3 heteroatoms. The van der Waals surface area contributed by atoms with E-state index in [4.69, 9.17) is 4.74 Å². The molecule has 72 valence electrons. The van der Waals surface area contributed by atoms with Crippen LogP contribution < -0.4 is 5.32 Å². The van der Waals surface area contributed by atoms with Crippen LogP contribution >= 0.6 is 0 Å². The molecule has 0 bridgehead atoms. The average molecular weight is 172 g/mol. The minimum atomic E-state index is 0.690. The predicted molar refractivity (Wildman–Crippen MR) is 50.4 cm³/mol. The molecule has 1 aliphatic heterocycles. The number of methoxy groups -OCH3 is 1. The summed E-state index contributed by atoms with van der Waals surface area (Å²) in [5.74, 6) is 0. The maximum atomic E-state index is 5.03. The van der Waals surface area contributed by atoms with Crippen LogP contribution in [0.4, 0.5) is 0 Å². The molecule has 0 aliphatic carbocycles. The van der Waals surface area contributed by atoms with Gasteiger partial charge in [-0.2, -0.15) is 0 Å². The summed E-state index contributed by atoms with van der Waals surface area (Å²) in [6.45, 7) is 7.79. The molecule has 3 nitrogen and oxygen atoms in total. The maximum Gasteiger partial charge on any atom is 0.0474 e. The Labute approximate surface area is 75.1 Å². The van der Waals surface area contributed by atoms with Gasteiger partial charge in [0.05, 0.1) is 0 Å². The first kappa shape index (κ1) is 9.96. The van der Waals surface area contributed by atoms with E-state index in [1.54, 1.807) is 7.11 Å². The molecule has 1 aliphatic rings. The smallest absolute Gasteiger partial charge is 0.0474 e. The molecule has 12 heavy (non-hydrogen) atoms. The molecule has 0 amide bonds. The normalized spacial score (nSPS) is 26.0. The van der Waals surface area contributed by atoms with Crippen LogP contribution in [-0.4, -0.2) is 50.8 Å². The van der Waals surface area contributed by atoms with Gasteiger partial charge in [0.15, 0.2) is 0 Å². The lowest BCUT2D eigenvalue weighted by molar-refractivity contribution is 0.138. The van der Waals surface area contributed by atoms with Crippen LogP contribution in [0.3, 0.4) is 0 Å².